The van der Waals surface area contributed by atoms with Crippen LogP contribution in [0.25, 0.3) is 0 Å². The van der Waals surface area contributed by atoms with Crippen LogP contribution in [0.2, 0.25) is 0 Å². The zero-order valence-corrected chi connectivity index (χ0v) is 9.27. The molecule has 0 atom stereocenters. The Morgan fingerprint density at radius 3 is 3.07 bits per heavy atom. The summed E-state index contributed by atoms with van der Waals surface area (Å²) < 4.78 is 0. The first kappa shape index (κ1) is 9.76. The highest BCUT2D eigenvalue weighted by molar-refractivity contribution is 7.09. The lowest BCUT2D eigenvalue weighted by molar-refractivity contribution is 0.678. The van der Waals surface area contributed by atoms with Gasteiger partial charge in [0.15, 0.2) is 0 Å². The molecular weight excluding hydrogens is 214 g/mol. The minimum Gasteiger partial charge on any atom is -0.310 e. The maximum atomic E-state index is 4.22. The van der Waals surface area contributed by atoms with E-state index in [1.54, 1.807) is 22.7 Å². The Morgan fingerprint density at radius 2 is 2.36 bits per heavy atom. The Labute approximate surface area is 90.9 Å². The van der Waals surface area contributed by atoms with Gasteiger partial charge in [0.25, 0.3) is 0 Å². The standard InChI is InChI=1S/C9H11N3S2/c1(8-6-13-7-12-8)2-10-5-9-11-3-4-14-9/h3-4,6-7,10H,1-2,5H2. The van der Waals surface area contributed by atoms with E-state index < -0.39 is 0 Å². The molecule has 2 heterocycles. The molecular formula is C9H11N3S2. The van der Waals surface area contributed by atoms with Crippen LogP contribution in [0.5, 0.6) is 0 Å². The van der Waals surface area contributed by atoms with E-state index in [2.05, 4.69) is 20.7 Å². The predicted molar refractivity (Wildman–Crippen MR) is 59.6 cm³/mol. The van der Waals surface area contributed by atoms with Crippen molar-refractivity contribution >= 4 is 22.7 Å². The molecule has 0 saturated heterocycles. The van der Waals surface area contributed by atoms with E-state index in [0.29, 0.717) is 0 Å². The Bertz CT molecular complexity index is 306. The third-order valence-electron chi connectivity index (χ3n) is 1.80. The van der Waals surface area contributed by atoms with E-state index in [4.69, 9.17) is 0 Å². The zero-order valence-electron chi connectivity index (χ0n) is 7.64. The molecule has 0 aliphatic rings. The first-order valence-corrected chi connectivity index (χ1v) is 6.23. The second-order valence-corrected chi connectivity index (χ2v) is 4.53. The van der Waals surface area contributed by atoms with Crippen molar-refractivity contribution in [2.75, 3.05) is 6.54 Å². The average Bonchev–Trinajstić information content (AvgIpc) is 2.86. The number of hydrogen-bond donors (Lipinski definition) is 1. The van der Waals surface area contributed by atoms with Gasteiger partial charge in [0.05, 0.1) is 11.2 Å². The number of nitrogens with one attached hydrogen (secondary N) is 1. The summed E-state index contributed by atoms with van der Waals surface area (Å²) in [7, 11) is 0. The normalized spacial score (nSPS) is 10.6. The quantitative estimate of drug-likeness (QED) is 0.790. The summed E-state index contributed by atoms with van der Waals surface area (Å²) in [5, 5.41) is 8.57. The SMILES string of the molecule is c1csc(CNCCc2cscn2)n1. The fourth-order valence-electron chi connectivity index (χ4n) is 1.11. The molecule has 0 amide bonds. The van der Waals surface area contributed by atoms with Gasteiger partial charge in [-0.05, 0) is 0 Å². The molecule has 74 valence electrons. The summed E-state index contributed by atoms with van der Waals surface area (Å²) in [6.45, 7) is 1.82. The molecule has 2 rings (SSSR count). The van der Waals surface area contributed by atoms with Crippen molar-refractivity contribution in [3.8, 4) is 0 Å². The lowest BCUT2D eigenvalue weighted by Gasteiger charge is -1.99. The van der Waals surface area contributed by atoms with Crippen LogP contribution in [0.3, 0.4) is 0 Å². The first-order chi connectivity index (χ1) is 6.95. The second-order valence-electron chi connectivity index (χ2n) is 2.83. The van der Waals surface area contributed by atoms with Crippen molar-refractivity contribution in [3.05, 3.63) is 33.2 Å². The molecule has 1 N–H and O–H groups in total. The Morgan fingerprint density at radius 1 is 1.36 bits per heavy atom. The summed E-state index contributed by atoms with van der Waals surface area (Å²) in [4.78, 5) is 8.41. The van der Waals surface area contributed by atoms with Gasteiger partial charge >= 0.3 is 0 Å². The lowest BCUT2D eigenvalue weighted by atomic mass is 10.3. The van der Waals surface area contributed by atoms with Crippen LogP contribution in [0, 0.1) is 0 Å². The van der Waals surface area contributed by atoms with Crippen LogP contribution in [0.1, 0.15) is 10.7 Å². The topological polar surface area (TPSA) is 37.8 Å². The van der Waals surface area contributed by atoms with Crippen LogP contribution in [0.15, 0.2) is 22.5 Å². The van der Waals surface area contributed by atoms with Gasteiger partial charge in [-0.2, -0.15) is 0 Å². The largest absolute Gasteiger partial charge is 0.310 e. The average molecular weight is 225 g/mol. The molecule has 0 fully saturated rings. The van der Waals surface area contributed by atoms with Gasteiger partial charge in [-0.25, -0.2) is 9.97 Å². The second kappa shape index (κ2) is 5.19. The smallest absolute Gasteiger partial charge is 0.106 e. The summed E-state index contributed by atoms with van der Waals surface area (Å²) in [5.41, 5.74) is 3.04. The van der Waals surface area contributed by atoms with Crippen molar-refractivity contribution < 1.29 is 0 Å². The number of hydrogen-bond acceptors (Lipinski definition) is 5. The van der Waals surface area contributed by atoms with Crippen LogP contribution in [-0.2, 0) is 13.0 Å². The molecule has 0 spiro atoms. The van der Waals surface area contributed by atoms with E-state index >= 15 is 0 Å². The number of nitrogens with zero attached hydrogens (tertiary/aromatic N) is 2. The third kappa shape index (κ3) is 2.87. The predicted octanol–water partition coefficient (Wildman–Crippen LogP) is 1.93. The molecule has 2 aromatic heterocycles. The van der Waals surface area contributed by atoms with E-state index in [0.717, 1.165) is 24.5 Å². The van der Waals surface area contributed by atoms with Gasteiger partial charge < -0.3 is 5.32 Å². The summed E-state index contributed by atoms with van der Waals surface area (Å²) in [6.07, 6.45) is 2.83. The van der Waals surface area contributed by atoms with Gasteiger partial charge in [0.1, 0.15) is 5.01 Å². The van der Waals surface area contributed by atoms with Gasteiger partial charge in [0, 0.05) is 36.5 Å². The highest BCUT2D eigenvalue weighted by Gasteiger charge is 1.96. The van der Waals surface area contributed by atoms with Gasteiger partial charge in [0.2, 0.25) is 0 Å². The molecule has 0 aliphatic carbocycles. The highest BCUT2D eigenvalue weighted by Crippen LogP contribution is 2.03. The fourth-order valence-corrected chi connectivity index (χ4v) is 2.29. The van der Waals surface area contributed by atoms with Crippen molar-refractivity contribution in [1.82, 2.24) is 15.3 Å². The molecule has 0 saturated carbocycles. The molecule has 0 unspecified atom stereocenters. The van der Waals surface area contributed by atoms with E-state index in [-0.39, 0.29) is 0 Å². The monoisotopic (exact) mass is 225 g/mol. The molecule has 5 heteroatoms. The summed E-state index contributed by atoms with van der Waals surface area (Å²) in [6, 6.07) is 0. The van der Waals surface area contributed by atoms with E-state index in [1.807, 2.05) is 17.1 Å². The zero-order chi connectivity index (χ0) is 9.64. The van der Waals surface area contributed by atoms with Crippen LogP contribution < -0.4 is 5.32 Å². The van der Waals surface area contributed by atoms with Crippen LogP contribution >= 0.6 is 22.7 Å². The fraction of sp³-hybridized carbons (Fsp3) is 0.333. The van der Waals surface area contributed by atoms with E-state index in [1.165, 1.54) is 5.69 Å². The number of thiazole rings is 2. The molecule has 0 aromatic carbocycles. The molecule has 0 radical (unpaired) electrons. The van der Waals surface area contributed by atoms with Gasteiger partial charge in [-0.1, -0.05) is 0 Å². The van der Waals surface area contributed by atoms with Crippen molar-refractivity contribution in [3.63, 3.8) is 0 Å². The molecule has 2 aromatic rings. The highest BCUT2D eigenvalue weighted by atomic mass is 32.1. The first-order valence-electron chi connectivity index (χ1n) is 4.41. The number of rotatable bonds is 5. The van der Waals surface area contributed by atoms with Crippen molar-refractivity contribution in [2.24, 2.45) is 0 Å². The lowest BCUT2D eigenvalue weighted by Crippen LogP contribution is -2.16. The van der Waals surface area contributed by atoms with Crippen LogP contribution in [-0.4, -0.2) is 16.5 Å². The Hall–Kier alpha value is -0.780. The van der Waals surface area contributed by atoms with Gasteiger partial charge in [-0.3, -0.25) is 0 Å². The van der Waals surface area contributed by atoms with Crippen LogP contribution in [0.4, 0.5) is 0 Å². The maximum Gasteiger partial charge on any atom is 0.106 e. The maximum absolute atomic E-state index is 4.22. The molecule has 0 bridgehead atoms. The van der Waals surface area contributed by atoms with E-state index in [9.17, 15) is 0 Å². The van der Waals surface area contributed by atoms with Crippen molar-refractivity contribution in [1.29, 1.82) is 0 Å². The van der Waals surface area contributed by atoms with Crippen molar-refractivity contribution in [2.45, 2.75) is 13.0 Å². The summed E-state index contributed by atoms with van der Waals surface area (Å²) in [5.74, 6) is 0. The summed E-state index contributed by atoms with van der Waals surface area (Å²) >= 11 is 3.33. The Kier molecular flexibility index (Phi) is 3.62. The third-order valence-corrected chi connectivity index (χ3v) is 3.22. The minimum absolute atomic E-state index is 0.863. The molecule has 3 nitrogen and oxygen atoms in total. The number of aromatic nitrogens is 2. The molecule has 14 heavy (non-hydrogen) atoms. The Balaban J connectivity index is 1.65. The minimum atomic E-state index is 0.863. The molecule has 0 aliphatic heterocycles. The van der Waals surface area contributed by atoms with Gasteiger partial charge in [-0.15, -0.1) is 22.7 Å².